The highest BCUT2D eigenvalue weighted by atomic mass is 19.1. The smallest absolute Gasteiger partial charge is 0.234 e. The SMILES string of the molecule is [C-]#[N+]c1c(-n2c3ccccc3c3ccc(C)cc32)ccc(-c2cc(F)cc(F)c2)c1-n1c2ccccc2c2ccc(C)cc21. The largest absolute Gasteiger partial charge is 0.319 e. The van der Waals surface area contributed by atoms with Crippen LogP contribution >= 0.6 is 0 Å². The summed E-state index contributed by atoms with van der Waals surface area (Å²) in [6, 6.07) is 36.3. The molecule has 0 aliphatic heterocycles. The molecule has 0 N–H and O–H groups in total. The number of aromatic nitrogens is 2. The molecule has 2 heterocycles. The van der Waals surface area contributed by atoms with Gasteiger partial charge in [0.15, 0.2) is 0 Å². The second-order valence-electron chi connectivity index (χ2n) is 11.3. The Hall–Kier alpha value is -5.73. The van der Waals surface area contributed by atoms with Gasteiger partial charge in [0.05, 0.1) is 40.0 Å². The van der Waals surface area contributed by atoms with Crippen LogP contribution in [-0.4, -0.2) is 9.13 Å². The Balaban J connectivity index is 1.59. The molecule has 0 saturated heterocycles. The van der Waals surface area contributed by atoms with Crippen molar-refractivity contribution in [1.29, 1.82) is 0 Å². The summed E-state index contributed by atoms with van der Waals surface area (Å²) in [5.41, 5.74) is 8.58. The number of hydrogen-bond acceptors (Lipinski definition) is 0. The maximum absolute atomic E-state index is 14.7. The molecule has 3 nitrogen and oxygen atoms in total. The van der Waals surface area contributed by atoms with Crippen molar-refractivity contribution in [2.24, 2.45) is 0 Å². The van der Waals surface area contributed by atoms with Gasteiger partial charge in [-0.1, -0.05) is 66.7 Å². The molecule has 2 aromatic heterocycles. The summed E-state index contributed by atoms with van der Waals surface area (Å²) in [4.78, 5) is 4.21. The zero-order chi connectivity index (χ0) is 30.1. The predicted molar refractivity (Wildman–Crippen MR) is 176 cm³/mol. The molecule has 0 saturated carbocycles. The van der Waals surface area contributed by atoms with E-state index < -0.39 is 11.6 Å². The van der Waals surface area contributed by atoms with Gasteiger partial charge in [0.1, 0.15) is 11.6 Å². The Kier molecular flexibility index (Phi) is 5.69. The normalized spacial score (nSPS) is 11.6. The van der Waals surface area contributed by atoms with E-state index in [0.717, 1.165) is 60.8 Å². The minimum Gasteiger partial charge on any atom is -0.319 e. The number of nitrogens with zero attached hydrogens (tertiary/aromatic N) is 3. The van der Waals surface area contributed by atoms with E-state index in [9.17, 15) is 8.78 Å². The van der Waals surface area contributed by atoms with Gasteiger partial charge in [-0.2, -0.15) is 0 Å². The van der Waals surface area contributed by atoms with Crippen LogP contribution in [0.3, 0.4) is 0 Å². The molecule has 6 aromatic carbocycles. The van der Waals surface area contributed by atoms with E-state index >= 15 is 0 Å². The molecule has 0 aliphatic rings. The van der Waals surface area contributed by atoms with E-state index in [1.165, 1.54) is 12.1 Å². The lowest BCUT2D eigenvalue weighted by Crippen LogP contribution is -2.03. The zero-order valence-electron chi connectivity index (χ0n) is 24.1. The molecular weight excluding hydrogens is 548 g/mol. The first-order valence-corrected chi connectivity index (χ1v) is 14.4. The summed E-state index contributed by atoms with van der Waals surface area (Å²) in [6.45, 7) is 12.7. The lowest BCUT2D eigenvalue weighted by Gasteiger charge is -2.20. The van der Waals surface area contributed by atoms with E-state index in [2.05, 4.69) is 75.5 Å². The molecule has 0 unspecified atom stereocenters. The van der Waals surface area contributed by atoms with Gasteiger partial charge in [-0.05, 0) is 78.6 Å². The molecule has 0 fully saturated rings. The summed E-state index contributed by atoms with van der Waals surface area (Å²) in [5, 5.41) is 4.25. The minimum atomic E-state index is -0.671. The molecule has 0 aliphatic carbocycles. The second-order valence-corrected chi connectivity index (χ2v) is 11.3. The number of halogens is 2. The molecule has 0 radical (unpaired) electrons. The first-order chi connectivity index (χ1) is 21.4. The van der Waals surface area contributed by atoms with Gasteiger partial charge in [-0.15, -0.1) is 0 Å². The zero-order valence-corrected chi connectivity index (χ0v) is 24.1. The highest BCUT2D eigenvalue weighted by molar-refractivity contribution is 6.12. The first-order valence-electron chi connectivity index (χ1n) is 14.4. The Bertz CT molecular complexity index is 2490. The molecule has 44 heavy (non-hydrogen) atoms. The van der Waals surface area contributed by atoms with Gasteiger partial charge in [-0.25, -0.2) is 13.6 Å². The maximum Gasteiger partial charge on any atom is 0.234 e. The number of fused-ring (bicyclic) bond motifs is 6. The van der Waals surface area contributed by atoms with Crippen LogP contribution in [-0.2, 0) is 0 Å². The Morgan fingerprint density at radius 3 is 1.66 bits per heavy atom. The Morgan fingerprint density at radius 2 is 1.07 bits per heavy atom. The van der Waals surface area contributed by atoms with E-state index in [1.807, 2.05) is 49.4 Å². The monoisotopic (exact) mass is 573 g/mol. The fourth-order valence-corrected chi connectivity index (χ4v) is 6.69. The van der Waals surface area contributed by atoms with Crippen LogP contribution in [0.4, 0.5) is 14.5 Å². The molecule has 5 heteroatoms. The van der Waals surface area contributed by atoms with Crippen molar-refractivity contribution in [2.75, 3.05) is 0 Å². The van der Waals surface area contributed by atoms with Crippen molar-refractivity contribution in [1.82, 2.24) is 9.13 Å². The Morgan fingerprint density at radius 1 is 0.545 bits per heavy atom. The van der Waals surface area contributed by atoms with Gasteiger partial charge in [0, 0.05) is 27.6 Å². The summed E-state index contributed by atoms with van der Waals surface area (Å²) in [6.07, 6.45) is 0. The number of rotatable bonds is 3. The van der Waals surface area contributed by atoms with E-state index in [-0.39, 0.29) is 0 Å². The van der Waals surface area contributed by atoms with Crippen molar-refractivity contribution >= 4 is 49.3 Å². The van der Waals surface area contributed by atoms with Gasteiger partial charge in [0.25, 0.3) is 0 Å². The van der Waals surface area contributed by atoms with Crippen molar-refractivity contribution < 1.29 is 8.78 Å². The summed E-state index contributed by atoms with van der Waals surface area (Å²) in [5.74, 6) is -1.34. The van der Waals surface area contributed by atoms with Gasteiger partial charge >= 0.3 is 0 Å². The Labute approximate surface area is 252 Å². The third-order valence-electron chi connectivity index (χ3n) is 8.54. The number of benzene rings is 6. The van der Waals surface area contributed by atoms with Crippen LogP contribution in [0.5, 0.6) is 0 Å². The first kappa shape index (κ1) is 25.9. The molecule has 0 spiro atoms. The average Bonchev–Trinajstić information content (AvgIpc) is 3.51. The molecular formula is C39H25F2N3. The van der Waals surface area contributed by atoms with Crippen molar-refractivity contribution in [2.45, 2.75) is 13.8 Å². The van der Waals surface area contributed by atoms with Crippen molar-refractivity contribution in [3.8, 4) is 22.5 Å². The fraction of sp³-hybridized carbons (Fsp3) is 0.0513. The van der Waals surface area contributed by atoms with Crippen molar-refractivity contribution in [3.05, 3.63) is 149 Å². The number of hydrogen-bond donors (Lipinski definition) is 0. The molecule has 0 amide bonds. The van der Waals surface area contributed by atoms with Crippen LogP contribution in [0.2, 0.25) is 0 Å². The number of para-hydroxylation sites is 2. The second kappa shape index (κ2) is 9.65. The molecule has 8 aromatic rings. The van der Waals surface area contributed by atoms with Gasteiger partial charge in [-0.3, -0.25) is 0 Å². The number of aryl methyl sites for hydroxylation is 2. The highest BCUT2D eigenvalue weighted by Gasteiger charge is 2.24. The average molecular weight is 574 g/mol. The standard InChI is InChI=1S/C39H25F2N3/c1-23-12-14-31-29-8-4-6-10-33(29)43(36(31)18-23)35-17-16-28(25-20-26(40)22-27(41)21-25)39(38(35)42-3)44-34-11-7-5-9-30(34)32-15-13-24(2)19-37(32)44/h4-22H,1-2H3. The predicted octanol–water partition coefficient (Wildman–Crippen LogP) is 11.0. The van der Waals surface area contributed by atoms with Gasteiger partial charge < -0.3 is 9.13 Å². The lowest BCUT2D eigenvalue weighted by molar-refractivity contribution is 0.584. The van der Waals surface area contributed by atoms with Crippen LogP contribution in [0.25, 0.3) is 71.0 Å². The topological polar surface area (TPSA) is 14.2 Å². The summed E-state index contributed by atoms with van der Waals surface area (Å²) in [7, 11) is 0. The quantitative estimate of drug-likeness (QED) is 0.187. The molecule has 0 atom stereocenters. The lowest BCUT2D eigenvalue weighted by atomic mass is 10.00. The fourth-order valence-electron chi connectivity index (χ4n) is 6.69. The van der Waals surface area contributed by atoms with Crippen molar-refractivity contribution in [3.63, 3.8) is 0 Å². The van der Waals surface area contributed by atoms with E-state index in [4.69, 9.17) is 6.57 Å². The minimum absolute atomic E-state index is 0.366. The third kappa shape index (κ3) is 3.78. The highest BCUT2D eigenvalue weighted by Crippen LogP contribution is 2.46. The van der Waals surface area contributed by atoms with Gasteiger partial charge in [0.2, 0.25) is 5.69 Å². The van der Waals surface area contributed by atoms with E-state index in [0.29, 0.717) is 28.2 Å². The molecule has 0 bridgehead atoms. The summed E-state index contributed by atoms with van der Waals surface area (Å²) < 4.78 is 33.6. The molecule has 8 rings (SSSR count). The van der Waals surface area contributed by atoms with Crippen LogP contribution in [0, 0.1) is 32.1 Å². The van der Waals surface area contributed by atoms with E-state index in [1.54, 1.807) is 0 Å². The maximum atomic E-state index is 14.7. The van der Waals surface area contributed by atoms with Crippen LogP contribution in [0.1, 0.15) is 11.1 Å². The third-order valence-corrected chi connectivity index (χ3v) is 8.54. The summed E-state index contributed by atoms with van der Waals surface area (Å²) >= 11 is 0. The van der Waals surface area contributed by atoms with Crippen LogP contribution < -0.4 is 0 Å². The molecule has 210 valence electrons. The van der Waals surface area contributed by atoms with Crippen LogP contribution in [0.15, 0.2) is 115 Å².